The predicted octanol–water partition coefficient (Wildman–Crippen LogP) is 2.63. The molecule has 0 bridgehead atoms. The summed E-state index contributed by atoms with van der Waals surface area (Å²) in [6, 6.07) is 2.93. The molecule has 0 radical (unpaired) electrons. The molecule has 1 saturated carbocycles. The molecule has 6 heteroatoms. The van der Waals surface area contributed by atoms with Gasteiger partial charge in [-0.05, 0) is 51.1 Å². The van der Waals surface area contributed by atoms with Crippen molar-refractivity contribution >= 4 is 11.8 Å². The molecule has 1 atom stereocenters. The maximum Gasteiger partial charge on any atom is 0.222 e. The number of anilines is 2. The molecule has 6 nitrogen and oxygen atoms in total. The van der Waals surface area contributed by atoms with Gasteiger partial charge in [-0.25, -0.2) is 4.98 Å². The van der Waals surface area contributed by atoms with Gasteiger partial charge >= 0.3 is 0 Å². The van der Waals surface area contributed by atoms with E-state index in [1.54, 1.807) is 0 Å². The van der Waals surface area contributed by atoms with E-state index in [0.717, 1.165) is 49.7 Å². The summed E-state index contributed by atoms with van der Waals surface area (Å²) in [6.07, 6.45) is 9.27. The molecule has 0 amide bonds. The van der Waals surface area contributed by atoms with Crippen LogP contribution in [0.15, 0.2) is 6.07 Å². The summed E-state index contributed by atoms with van der Waals surface area (Å²) in [6.45, 7) is 5.06. The molecular formula is C19H31N5O. The Bertz CT molecular complexity index is 561. The number of nitrogens with one attached hydrogen (secondary N) is 1. The van der Waals surface area contributed by atoms with E-state index in [-0.39, 0.29) is 0 Å². The minimum Gasteiger partial charge on any atom is -0.381 e. The van der Waals surface area contributed by atoms with Crippen molar-refractivity contribution in [2.24, 2.45) is 5.92 Å². The van der Waals surface area contributed by atoms with Crippen LogP contribution < -0.4 is 11.1 Å². The van der Waals surface area contributed by atoms with Crippen LogP contribution in [0.3, 0.4) is 0 Å². The van der Waals surface area contributed by atoms with E-state index in [4.69, 9.17) is 10.5 Å². The number of aromatic nitrogens is 2. The topological polar surface area (TPSA) is 76.3 Å². The van der Waals surface area contributed by atoms with Crippen LogP contribution in [0.1, 0.15) is 56.6 Å². The number of rotatable bonds is 5. The lowest BCUT2D eigenvalue weighted by Gasteiger charge is -2.36. The van der Waals surface area contributed by atoms with Gasteiger partial charge in [-0.2, -0.15) is 4.98 Å². The molecule has 3 N–H and O–H groups in total. The van der Waals surface area contributed by atoms with Gasteiger partial charge in [0.15, 0.2) is 0 Å². The maximum atomic E-state index is 5.91. The highest BCUT2D eigenvalue weighted by Crippen LogP contribution is 2.29. The van der Waals surface area contributed by atoms with Crippen LogP contribution in [0.2, 0.25) is 0 Å². The lowest BCUT2D eigenvalue weighted by molar-refractivity contribution is 0.138. The third-order valence-corrected chi connectivity index (χ3v) is 6.17. The maximum absolute atomic E-state index is 5.91. The van der Waals surface area contributed by atoms with E-state index >= 15 is 0 Å². The second kappa shape index (κ2) is 7.87. The first-order valence-electron chi connectivity index (χ1n) is 9.98. The molecule has 4 rings (SSSR count). The summed E-state index contributed by atoms with van der Waals surface area (Å²) < 4.78 is 5.47. The summed E-state index contributed by atoms with van der Waals surface area (Å²) >= 11 is 0. The Kier molecular flexibility index (Phi) is 5.36. The zero-order valence-corrected chi connectivity index (χ0v) is 15.1. The monoisotopic (exact) mass is 345 g/mol. The SMILES string of the molecule is Nc1nc(NCC2CCN(C3CCCC3)CC2)cc([C@H]2CCOC2)n1. The van der Waals surface area contributed by atoms with Crippen molar-refractivity contribution in [2.45, 2.75) is 56.9 Å². The average Bonchev–Trinajstić information content (AvgIpc) is 3.33. The van der Waals surface area contributed by atoms with Gasteiger partial charge in [-0.15, -0.1) is 0 Å². The minimum absolute atomic E-state index is 0.362. The first-order valence-corrected chi connectivity index (χ1v) is 9.98. The zero-order valence-electron chi connectivity index (χ0n) is 15.1. The molecule has 0 unspecified atom stereocenters. The third-order valence-electron chi connectivity index (χ3n) is 6.17. The summed E-state index contributed by atoms with van der Waals surface area (Å²) in [5.41, 5.74) is 6.93. The number of nitrogens with two attached hydrogens (primary N) is 1. The highest BCUT2D eigenvalue weighted by molar-refractivity contribution is 5.41. The Morgan fingerprint density at radius 2 is 1.92 bits per heavy atom. The lowest BCUT2D eigenvalue weighted by Crippen LogP contribution is -2.41. The number of hydrogen-bond donors (Lipinski definition) is 2. The van der Waals surface area contributed by atoms with Crippen molar-refractivity contribution < 1.29 is 4.74 Å². The lowest BCUT2D eigenvalue weighted by atomic mass is 9.95. The fourth-order valence-corrected chi connectivity index (χ4v) is 4.59. The zero-order chi connectivity index (χ0) is 17.1. The van der Waals surface area contributed by atoms with E-state index in [1.807, 2.05) is 0 Å². The highest BCUT2D eigenvalue weighted by atomic mass is 16.5. The van der Waals surface area contributed by atoms with E-state index in [0.29, 0.717) is 11.9 Å². The van der Waals surface area contributed by atoms with Gasteiger partial charge < -0.3 is 20.7 Å². The van der Waals surface area contributed by atoms with Crippen LogP contribution >= 0.6 is 0 Å². The molecule has 1 aliphatic carbocycles. The van der Waals surface area contributed by atoms with Gasteiger partial charge in [0.2, 0.25) is 5.95 Å². The molecule has 1 aromatic heterocycles. The Labute approximate surface area is 150 Å². The molecule has 2 saturated heterocycles. The second-order valence-corrected chi connectivity index (χ2v) is 7.90. The average molecular weight is 345 g/mol. The standard InChI is InChI=1S/C19H31N5O/c20-19-22-17(15-7-10-25-13-15)11-18(23-19)21-12-14-5-8-24(9-6-14)16-3-1-2-4-16/h11,14-16H,1-10,12-13H2,(H3,20,21,22,23)/t15-/m0/s1. The number of likely N-dealkylation sites (tertiary alicyclic amines) is 1. The Morgan fingerprint density at radius 1 is 1.12 bits per heavy atom. The van der Waals surface area contributed by atoms with E-state index in [2.05, 4.69) is 26.3 Å². The third kappa shape index (κ3) is 4.23. The fourth-order valence-electron chi connectivity index (χ4n) is 4.59. The van der Waals surface area contributed by atoms with Crippen molar-refractivity contribution in [1.29, 1.82) is 0 Å². The van der Waals surface area contributed by atoms with Gasteiger partial charge in [-0.3, -0.25) is 0 Å². The molecule has 1 aromatic rings. The van der Waals surface area contributed by atoms with E-state index < -0.39 is 0 Å². The van der Waals surface area contributed by atoms with Crippen LogP contribution in [0, 0.1) is 5.92 Å². The number of nitrogen functional groups attached to an aromatic ring is 1. The summed E-state index contributed by atoms with van der Waals surface area (Å²) in [5.74, 6) is 2.32. The largest absolute Gasteiger partial charge is 0.381 e. The van der Waals surface area contributed by atoms with Gasteiger partial charge in [0.05, 0.1) is 12.3 Å². The summed E-state index contributed by atoms with van der Waals surface area (Å²) in [7, 11) is 0. The van der Waals surface area contributed by atoms with Crippen LogP contribution in [0.4, 0.5) is 11.8 Å². The van der Waals surface area contributed by atoms with Crippen molar-refractivity contribution in [2.75, 3.05) is 43.9 Å². The summed E-state index contributed by atoms with van der Waals surface area (Å²) in [4.78, 5) is 11.5. The van der Waals surface area contributed by atoms with Crippen LogP contribution in [-0.2, 0) is 4.74 Å². The number of ether oxygens (including phenoxy) is 1. The smallest absolute Gasteiger partial charge is 0.222 e. The Morgan fingerprint density at radius 3 is 2.64 bits per heavy atom. The second-order valence-electron chi connectivity index (χ2n) is 7.90. The number of hydrogen-bond acceptors (Lipinski definition) is 6. The van der Waals surface area contributed by atoms with Crippen molar-refractivity contribution in [3.05, 3.63) is 11.8 Å². The van der Waals surface area contributed by atoms with Gasteiger partial charge in [0, 0.05) is 31.2 Å². The molecule has 0 aromatic carbocycles. The predicted molar refractivity (Wildman–Crippen MR) is 99.7 cm³/mol. The first-order chi connectivity index (χ1) is 12.3. The molecular weight excluding hydrogens is 314 g/mol. The molecule has 3 aliphatic rings. The van der Waals surface area contributed by atoms with Crippen molar-refractivity contribution in [3.8, 4) is 0 Å². The fraction of sp³-hybridized carbons (Fsp3) is 0.789. The van der Waals surface area contributed by atoms with Gasteiger partial charge in [-0.1, -0.05) is 12.8 Å². The molecule has 3 fully saturated rings. The van der Waals surface area contributed by atoms with Crippen molar-refractivity contribution in [3.63, 3.8) is 0 Å². The van der Waals surface area contributed by atoms with E-state index in [9.17, 15) is 0 Å². The van der Waals surface area contributed by atoms with Gasteiger partial charge in [0.1, 0.15) is 5.82 Å². The van der Waals surface area contributed by atoms with Crippen LogP contribution in [0.25, 0.3) is 0 Å². The Hall–Kier alpha value is -1.40. The molecule has 138 valence electrons. The summed E-state index contributed by atoms with van der Waals surface area (Å²) in [5, 5.41) is 3.51. The Balaban J connectivity index is 1.28. The molecule has 0 spiro atoms. The first kappa shape index (κ1) is 17.0. The highest BCUT2D eigenvalue weighted by Gasteiger charge is 2.27. The number of nitrogens with zero attached hydrogens (tertiary/aromatic N) is 3. The van der Waals surface area contributed by atoms with Crippen molar-refractivity contribution in [1.82, 2.24) is 14.9 Å². The van der Waals surface area contributed by atoms with Gasteiger partial charge in [0.25, 0.3) is 0 Å². The molecule has 3 heterocycles. The normalized spacial score (nSPS) is 26.3. The number of piperidine rings is 1. The minimum atomic E-state index is 0.362. The van der Waals surface area contributed by atoms with Crippen LogP contribution in [0.5, 0.6) is 0 Å². The molecule has 2 aliphatic heterocycles. The molecule has 25 heavy (non-hydrogen) atoms. The van der Waals surface area contributed by atoms with E-state index in [1.165, 1.54) is 51.6 Å². The quantitative estimate of drug-likeness (QED) is 0.854. The van der Waals surface area contributed by atoms with Crippen LogP contribution in [-0.4, -0.2) is 53.8 Å².